The molecule has 2 nitrogen and oxygen atoms in total. The van der Waals surface area contributed by atoms with Gasteiger partial charge in [-0.2, -0.15) is 0 Å². The van der Waals surface area contributed by atoms with Gasteiger partial charge in [-0.05, 0) is 36.4 Å². The van der Waals surface area contributed by atoms with Crippen LogP contribution >= 0.6 is 11.6 Å². The molecule has 0 aliphatic rings. The summed E-state index contributed by atoms with van der Waals surface area (Å²) in [6.45, 7) is 0. The number of rotatable bonds is 3. The molecule has 0 radical (unpaired) electrons. The van der Waals surface area contributed by atoms with E-state index in [2.05, 4.69) is 9.72 Å². The van der Waals surface area contributed by atoms with Gasteiger partial charge >= 0.3 is 6.36 Å². The monoisotopic (exact) mass is 287 g/mol. The molecule has 1 aromatic carbocycles. The minimum absolute atomic E-state index is 0.259. The van der Waals surface area contributed by atoms with Crippen molar-refractivity contribution in [1.82, 2.24) is 4.98 Å². The summed E-state index contributed by atoms with van der Waals surface area (Å²) in [5.41, 5.74) is 2.05. The van der Waals surface area contributed by atoms with Gasteiger partial charge in [-0.3, -0.25) is 4.98 Å². The van der Waals surface area contributed by atoms with Gasteiger partial charge in [-0.1, -0.05) is 6.07 Å². The first kappa shape index (κ1) is 13.7. The lowest BCUT2D eigenvalue weighted by Crippen LogP contribution is -2.16. The quantitative estimate of drug-likeness (QED) is 0.781. The van der Waals surface area contributed by atoms with Gasteiger partial charge in [0.25, 0.3) is 0 Å². The summed E-state index contributed by atoms with van der Waals surface area (Å²) in [7, 11) is 0. The largest absolute Gasteiger partial charge is 0.573 e. The molecule has 0 N–H and O–H groups in total. The lowest BCUT2D eigenvalue weighted by atomic mass is 10.1. The number of aromatic nitrogens is 1. The third kappa shape index (κ3) is 3.86. The second-order valence-corrected chi connectivity index (χ2v) is 3.99. The molecule has 0 fully saturated rings. The van der Waals surface area contributed by atoms with Crippen LogP contribution in [-0.4, -0.2) is 11.3 Å². The van der Waals surface area contributed by atoms with Gasteiger partial charge in [0.15, 0.2) is 0 Å². The Morgan fingerprint density at radius 3 is 2.32 bits per heavy atom. The summed E-state index contributed by atoms with van der Waals surface area (Å²) in [6, 6.07) is 10.9. The lowest BCUT2D eigenvalue weighted by molar-refractivity contribution is -0.274. The molecular formula is C13H9ClF3NO. The number of nitrogens with zero attached hydrogens (tertiary/aromatic N) is 1. The number of hydrogen-bond donors (Lipinski definition) is 0. The van der Waals surface area contributed by atoms with Crippen molar-refractivity contribution in [1.29, 1.82) is 0 Å². The average molecular weight is 288 g/mol. The summed E-state index contributed by atoms with van der Waals surface area (Å²) in [5, 5.41) is 0. The second-order valence-electron chi connectivity index (χ2n) is 3.72. The van der Waals surface area contributed by atoms with E-state index in [-0.39, 0.29) is 11.6 Å². The molecule has 0 amide bonds. The minimum atomic E-state index is -4.68. The Kier molecular flexibility index (Phi) is 3.95. The molecule has 0 saturated heterocycles. The molecule has 0 saturated carbocycles. The van der Waals surface area contributed by atoms with Crippen LogP contribution in [0.1, 0.15) is 5.69 Å². The summed E-state index contributed by atoms with van der Waals surface area (Å²) < 4.78 is 39.8. The molecule has 19 heavy (non-hydrogen) atoms. The van der Waals surface area contributed by atoms with Crippen molar-refractivity contribution >= 4 is 11.6 Å². The zero-order valence-electron chi connectivity index (χ0n) is 9.62. The summed E-state index contributed by atoms with van der Waals surface area (Å²) in [5.74, 6) is 0.0214. The van der Waals surface area contributed by atoms with E-state index in [0.29, 0.717) is 17.0 Å². The normalized spacial score (nSPS) is 11.4. The average Bonchev–Trinajstić information content (AvgIpc) is 2.38. The fraction of sp³-hybridized carbons (Fsp3) is 0.154. The fourth-order valence-corrected chi connectivity index (χ4v) is 1.69. The van der Waals surface area contributed by atoms with Gasteiger partial charge in [0.1, 0.15) is 5.75 Å². The van der Waals surface area contributed by atoms with Crippen LogP contribution in [0.25, 0.3) is 11.3 Å². The Morgan fingerprint density at radius 2 is 1.74 bits per heavy atom. The van der Waals surface area contributed by atoms with Crippen molar-refractivity contribution in [3.63, 3.8) is 0 Å². The van der Waals surface area contributed by atoms with Crippen LogP contribution in [0.4, 0.5) is 13.2 Å². The number of hydrogen-bond acceptors (Lipinski definition) is 2. The van der Waals surface area contributed by atoms with Gasteiger partial charge in [0.05, 0.1) is 17.3 Å². The van der Waals surface area contributed by atoms with E-state index in [0.717, 1.165) is 0 Å². The molecule has 0 unspecified atom stereocenters. The number of pyridine rings is 1. The van der Waals surface area contributed by atoms with E-state index >= 15 is 0 Å². The Morgan fingerprint density at radius 1 is 1.05 bits per heavy atom. The smallest absolute Gasteiger partial charge is 0.406 e. The van der Waals surface area contributed by atoms with Gasteiger partial charge in [-0.25, -0.2) is 0 Å². The predicted molar refractivity (Wildman–Crippen MR) is 65.9 cm³/mol. The zero-order chi connectivity index (χ0) is 13.9. The minimum Gasteiger partial charge on any atom is -0.406 e. The van der Waals surface area contributed by atoms with Gasteiger partial charge in [-0.15, -0.1) is 24.8 Å². The maximum absolute atomic E-state index is 12.0. The van der Waals surface area contributed by atoms with Crippen molar-refractivity contribution in [2.75, 3.05) is 0 Å². The molecule has 2 rings (SSSR count). The highest BCUT2D eigenvalue weighted by Crippen LogP contribution is 2.25. The Labute approximate surface area is 112 Å². The van der Waals surface area contributed by atoms with E-state index in [1.165, 1.54) is 24.3 Å². The molecule has 0 aliphatic carbocycles. The second kappa shape index (κ2) is 5.48. The predicted octanol–water partition coefficient (Wildman–Crippen LogP) is 4.39. The molecule has 0 atom stereocenters. The van der Waals surface area contributed by atoms with E-state index in [1.807, 2.05) is 0 Å². The Hall–Kier alpha value is -1.75. The Bertz CT molecular complexity index is 555. The molecule has 0 aliphatic heterocycles. The first-order valence-electron chi connectivity index (χ1n) is 5.36. The van der Waals surface area contributed by atoms with Gasteiger partial charge in [0.2, 0.25) is 0 Å². The van der Waals surface area contributed by atoms with Crippen molar-refractivity contribution < 1.29 is 17.9 Å². The fourth-order valence-electron chi connectivity index (χ4n) is 1.54. The van der Waals surface area contributed by atoms with Gasteiger partial charge < -0.3 is 4.74 Å². The van der Waals surface area contributed by atoms with Crippen LogP contribution in [0.15, 0.2) is 42.5 Å². The van der Waals surface area contributed by atoms with Crippen LogP contribution in [0, 0.1) is 0 Å². The first-order chi connectivity index (χ1) is 8.98. The topological polar surface area (TPSA) is 22.1 Å². The first-order valence-corrected chi connectivity index (χ1v) is 5.89. The highest BCUT2D eigenvalue weighted by atomic mass is 35.5. The SMILES string of the molecule is FC(F)(F)Oc1ccc(-c2cccc(CCl)n2)cc1. The maximum atomic E-state index is 12.0. The molecule has 1 aromatic heterocycles. The number of alkyl halides is 4. The highest BCUT2D eigenvalue weighted by molar-refractivity contribution is 6.16. The zero-order valence-corrected chi connectivity index (χ0v) is 10.4. The van der Waals surface area contributed by atoms with Gasteiger partial charge in [0, 0.05) is 5.56 Å². The van der Waals surface area contributed by atoms with Crippen LogP contribution in [0.5, 0.6) is 5.75 Å². The van der Waals surface area contributed by atoms with E-state index in [1.54, 1.807) is 18.2 Å². The summed E-state index contributed by atoms with van der Waals surface area (Å²) in [6.07, 6.45) is -4.68. The third-order valence-corrected chi connectivity index (χ3v) is 2.60. The van der Waals surface area contributed by atoms with Crippen LogP contribution in [0.2, 0.25) is 0 Å². The highest BCUT2D eigenvalue weighted by Gasteiger charge is 2.30. The summed E-state index contributed by atoms with van der Waals surface area (Å²) in [4.78, 5) is 4.27. The lowest BCUT2D eigenvalue weighted by Gasteiger charge is -2.09. The van der Waals surface area contributed by atoms with E-state index < -0.39 is 6.36 Å². The molecule has 6 heteroatoms. The summed E-state index contributed by atoms with van der Waals surface area (Å²) >= 11 is 5.68. The molecule has 100 valence electrons. The molecule has 0 bridgehead atoms. The van der Waals surface area contributed by atoms with Crippen LogP contribution in [-0.2, 0) is 5.88 Å². The maximum Gasteiger partial charge on any atom is 0.573 e. The molecule has 2 aromatic rings. The van der Waals surface area contributed by atoms with Crippen molar-refractivity contribution in [2.24, 2.45) is 0 Å². The van der Waals surface area contributed by atoms with Crippen molar-refractivity contribution in [3.05, 3.63) is 48.2 Å². The number of benzene rings is 1. The van der Waals surface area contributed by atoms with E-state index in [4.69, 9.17) is 11.6 Å². The van der Waals surface area contributed by atoms with Crippen molar-refractivity contribution in [2.45, 2.75) is 12.2 Å². The molecular weight excluding hydrogens is 279 g/mol. The number of halogens is 4. The Balaban J connectivity index is 2.22. The molecule has 1 heterocycles. The van der Waals surface area contributed by atoms with E-state index in [9.17, 15) is 13.2 Å². The van der Waals surface area contributed by atoms with Crippen LogP contribution in [0.3, 0.4) is 0 Å². The number of ether oxygens (including phenoxy) is 1. The van der Waals surface area contributed by atoms with Crippen LogP contribution < -0.4 is 4.74 Å². The third-order valence-electron chi connectivity index (χ3n) is 2.33. The van der Waals surface area contributed by atoms with Crippen molar-refractivity contribution in [3.8, 4) is 17.0 Å². The standard InChI is InChI=1S/C13H9ClF3NO/c14-8-10-2-1-3-12(18-10)9-4-6-11(7-5-9)19-13(15,16)17/h1-7H,8H2. The molecule has 0 spiro atoms.